The molecule has 0 amide bonds. The number of nitrogens with zero attached hydrogens (tertiary/aromatic N) is 3. The molecule has 0 fully saturated rings. The van der Waals surface area contributed by atoms with Crippen molar-refractivity contribution in [2.24, 2.45) is 0 Å². The van der Waals surface area contributed by atoms with Crippen LogP contribution in [0.5, 0.6) is 0 Å². The Morgan fingerprint density at radius 2 is 1.73 bits per heavy atom. The van der Waals surface area contributed by atoms with Crippen molar-refractivity contribution in [1.29, 1.82) is 0 Å². The molecule has 0 spiro atoms. The van der Waals surface area contributed by atoms with Gasteiger partial charge in [-0.15, -0.1) is 10.2 Å². The standard InChI is InChI=1S/C14H12N4O3S/c19-22(20,12-4-2-1-3-5-12)16-10-13-17-18-14(21-13)11-6-8-15-9-7-11/h1-9,16H,10H2. The van der Waals surface area contributed by atoms with E-state index in [1.165, 1.54) is 12.1 Å². The number of rotatable bonds is 5. The van der Waals surface area contributed by atoms with Crippen LogP contribution in [0.25, 0.3) is 11.5 Å². The second-order valence-corrected chi connectivity index (χ2v) is 6.14. The molecule has 0 radical (unpaired) electrons. The Kier molecular flexibility index (Phi) is 3.94. The Morgan fingerprint density at radius 1 is 1.00 bits per heavy atom. The summed E-state index contributed by atoms with van der Waals surface area (Å²) in [5.74, 6) is 0.502. The summed E-state index contributed by atoms with van der Waals surface area (Å²) in [6.07, 6.45) is 3.22. The van der Waals surface area contributed by atoms with Gasteiger partial charge in [-0.3, -0.25) is 4.98 Å². The quantitative estimate of drug-likeness (QED) is 0.768. The first kappa shape index (κ1) is 14.4. The van der Waals surface area contributed by atoms with E-state index in [2.05, 4.69) is 19.9 Å². The number of benzene rings is 1. The third kappa shape index (κ3) is 3.18. The highest BCUT2D eigenvalue weighted by Crippen LogP contribution is 2.16. The van der Waals surface area contributed by atoms with E-state index >= 15 is 0 Å². The monoisotopic (exact) mass is 316 g/mol. The summed E-state index contributed by atoms with van der Waals surface area (Å²) >= 11 is 0. The van der Waals surface area contributed by atoms with Gasteiger partial charge in [0.1, 0.15) is 0 Å². The third-order valence-corrected chi connectivity index (χ3v) is 4.28. The fraction of sp³-hybridized carbons (Fsp3) is 0.0714. The number of hydrogen-bond acceptors (Lipinski definition) is 6. The lowest BCUT2D eigenvalue weighted by molar-refractivity contribution is 0.494. The molecule has 3 aromatic rings. The van der Waals surface area contributed by atoms with Crippen molar-refractivity contribution in [3.8, 4) is 11.5 Å². The van der Waals surface area contributed by atoms with Crippen LogP contribution in [0.4, 0.5) is 0 Å². The van der Waals surface area contributed by atoms with E-state index in [0.717, 1.165) is 5.56 Å². The van der Waals surface area contributed by atoms with Crippen LogP contribution in [0.3, 0.4) is 0 Å². The van der Waals surface area contributed by atoms with Crippen LogP contribution in [0.15, 0.2) is 64.2 Å². The van der Waals surface area contributed by atoms with Crippen LogP contribution in [-0.2, 0) is 16.6 Å². The summed E-state index contributed by atoms with van der Waals surface area (Å²) in [6.45, 7) is -0.0741. The van der Waals surface area contributed by atoms with Gasteiger partial charge in [-0.25, -0.2) is 13.1 Å². The zero-order valence-corrected chi connectivity index (χ0v) is 12.2. The summed E-state index contributed by atoms with van der Waals surface area (Å²) in [7, 11) is -3.60. The Balaban J connectivity index is 1.72. The summed E-state index contributed by atoms with van der Waals surface area (Å²) in [6, 6.07) is 11.5. The number of pyridine rings is 1. The average Bonchev–Trinajstić information content (AvgIpc) is 3.04. The molecule has 2 heterocycles. The summed E-state index contributed by atoms with van der Waals surface area (Å²) in [5, 5.41) is 7.71. The molecule has 0 saturated carbocycles. The van der Waals surface area contributed by atoms with Crippen LogP contribution < -0.4 is 4.72 Å². The van der Waals surface area contributed by atoms with E-state index in [1.807, 2.05) is 0 Å². The molecule has 7 nitrogen and oxygen atoms in total. The molecular formula is C14H12N4O3S. The number of hydrogen-bond donors (Lipinski definition) is 1. The fourth-order valence-corrected chi connectivity index (χ4v) is 2.77. The highest BCUT2D eigenvalue weighted by Gasteiger charge is 2.15. The molecule has 0 aliphatic carbocycles. The first-order valence-corrected chi connectivity index (χ1v) is 7.91. The van der Waals surface area contributed by atoms with Gasteiger partial charge in [-0.05, 0) is 24.3 Å². The highest BCUT2D eigenvalue weighted by molar-refractivity contribution is 7.89. The highest BCUT2D eigenvalue weighted by atomic mass is 32.2. The van der Waals surface area contributed by atoms with Crippen molar-refractivity contribution < 1.29 is 12.8 Å². The lowest BCUT2D eigenvalue weighted by Crippen LogP contribution is -2.23. The molecule has 0 saturated heterocycles. The largest absolute Gasteiger partial charge is 0.419 e. The molecule has 1 aromatic carbocycles. The van der Waals surface area contributed by atoms with E-state index in [1.54, 1.807) is 42.7 Å². The maximum atomic E-state index is 12.1. The SMILES string of the molecule is O=S(=O)(NCc1nnc(-c2ccncc2)o1)c1ccccc1. The first-order chi connectivity index (χ1) is 10.6. The van der Waals surface area contributed by atoms with Gasteiger partial charge in [0.25, 0.3) is 0 Å². The molecule has 22 heavy (non-hydrogen) atoms. The zero-order valence-electron chi connectivity index (χ0n) is 11.4. The van der Waals surface area contributed by atoms with Crippen LogP contribution in [0, 0.1) is 0 Å². The van der Waals surface area contributed by atoms with Gasteiger partial charge < -0.3 is 4.42 Å². The predicted octanol–water partition coefficient (Wildman–Crippen LogP) is 1.61. The van der Waals surface area contributed by atoms with Crippen LogP contribution in [-0.4, -0.2) is 23.6 Å². The predicted molar refractivity (Wildman–Crippen MR) is 78.0 cm³/mol. The molecule has 1 N–H and O–H groups in total. The minimum absolute atomic E-state index is 0.0741. The van der Waals surface area contributed by atoms with Crippen molar-refractivity contribution in [2.75, 3.05) is 0 Å². The van der Waals surface area contributed by atoms with Crippen LogP contribution in [0.2, 0.25) is 0 Å². The maximum Gasteiger partial charge on any atom is 0.247 e. The molecule has 8 heteroatoms. The van der Waals surface area contributed by atoms with Gasteiger partial charge in [0.2, 0.25) is 21.8 Å². The van der Waals surface area contributed by atoms with Gasteiger partial charge in [-0.1, -0.05) is 18.2 Å². The van der Waals surface area contributed by atoms with E-state index in [9.17, 15) is 8.42 Å². The maximum absolute atomic E-state index is 12.1. The zero-order chi connectivity index (χ0) is 15.4. The van der Waals surface area contributed by atoms with Gasteiger partial charge >= 0.3 is 0 Å². The van der Waals surface area contributed by atoms with E-state index in [4.69, 9.17) is 4.42 Å². The fourth-order valence-electron chi connectivity index (χ4n) is 1.78. The van der Waals surface area contributed by atoms with E-state index in [-0.39, 0.29) is 17.3 Å². The lowest BCUT2D eigenvalue weighted by Gasteiger charge is -2.03. The molecular weight excluding hydrogens is 304 g/mol. The minimum Gasteiger partial charge on any atom is -0.419 e. The topological polar surface area (TPSA) is 98.0 Å². The van der Waals surface area contributed by atoms with Crippen molar-refractivity contribution in [3.05, 3.63) is 60.7 Å². The van der Waals surface area contributed by atoms with Gasteiger partial charge in [0.05, 0.1) is 11.4 Å². The van der Waals surface area contributed by atoms with Crippen molar-refractivity contribution >= 4 is 10.0 Å². The first-order valence-electron chi connectivity index (χ1n) is 6.43. The molecule has 0 aliphatic heterocycles. The average molecular weight is 316 g/mol. The van der Waals surface area contributed by atoms with E-state index < -0.39 is 10.0 Å². The van der Waals surface area contributed by atoms with Gasteiger partial charge in [-0.2, -0.15) is 0 Å². The Labute approximate surface area is 127 Å². The second-order valence-electron chi connectivity index (χ2n) is 4.37. The van der Waals surface area contributed by atoms with Crippen LogP contribution >= 0.6 is 0 Å². The molecule has 2 aromatic heterocycles. The second kappa shape index (κ2) is 6.04. The number of nitrogens with one attached hydrogen (secondary N) is 1. The lowest BCUT2D eigenvalue weighted by atomic mass is 10.3. The molecule has 0 unspecified atom stereocenters. The Bertz CT molecular complexity index is 848. The molecule has 112 valence electrons. The van der Waals surface area contributed by atoms with E-state index in [0.29, 0.717) is 5.89 Å². The van der Waals surface area contributed by atoms with Crippen molar-refractivity contribution in [1.82, 2.24) is 19.9 Å². The molecule has 3 rings (SSSR count). The van der Waals surface area contributed by atoms with Gasteiger partial charge in [0.15, 0.2) is 0 Å². The smallest absolute Gasteiger partial charge is 0.247 e. The molecule has 0 aliphatic rings. The third-order valence-electron chi connectivity index (χ3n) is 2.86. The van der Waals surface area contributed by atoms with Crippen LogP contribution in [0.1, 0.15) is 5.89 Å². The summed E-state index contributed by atoms with van der Waals surface area (Å²) in [4.78, 5) is 4.08. The Hall–Kier alpha value is -2.58. The van der Waals surface area contributed by atoms with Gasteiger partial charge in [0, 0.05) is 18.0 Å². The normalized spacial score (nSPS) is 11.5. The Morgan fingerprint density at radius 3 is 2.45 bits per heavy atom. The minimum atomic E-state index is -3.60. The van der Waals surface area contributed by atoms with Crippen molar-refractivity contribution in [3.63, 3.8) is 0 Å². The molecule has 0 bridgehead atoms. The summed E-state index contributed by atoms with van der Waals surface area (Å²) in [5.41, 5.74) is 0.722. The summed E-state index contributed by atoms with van der Waals surface area (Å²) < 4.78 is 32.0. The number of sulfonamides is 1. The van der Waals surface area contributed by atoms with Crippen molar-refractivity contribution in [2.45, 2.75) is 11.4 Å². The molecule has 0 atom stereocenters. The number of aromatic nitrogens is 3.